The Morgan fingerprint density at radius 3 is 2.07 bits per heavy atom. The highest BCUT2D eigenvalue weighted by Gasteiger charge is 2.03. The summed E-state index contributed by atoms with van der Waals surface area (Å²) in [5.41, 5.74) is 0. The van der Waals surface area contributed by atoms with E-state index in [4.69, 9.17) is 0 Å². The molecule has 1 fully saturated rings. The van der Waals surface area contributed by atoms with Crippen molar-refractivity contribution >= 4 is 0 Å². The van der Waals surface area contributed by atoms with Crippen LogP contribution < -0.4 is 26.6 Å². The van der Waals surface area contributed by atoms with Crippen LogP contribution in [0, 0.1) is 0 Å². The molecule has 1 unspecified atom stereocenters. The molecule has 1 heterocycles. The minimum Gasteiger partial charge on any atom is -0.314 e. The topological polar surface area (TPSA) is 60.1 Å². The monoisotopic (exact) mass is 201 g/mol. The highest BCUT2D eigenvalue weighted by Crippen LogP contribution is 1.74. The normalized spacial score (nSPS) is 27.6. The molecule has 5 heteroatoms. The molecule has 1 rings (SSSR count). The summed E-state index contributed by atoms with van der Waals surface area (Å²) >= 11 is 0. The van der Waals surface area contributed by atoms with Crippen LogP contribution in [0.1, 0.15) is 0 Å². The fourth-order valence-corrected chi connectivity index (χ4v) is 1.46. The second-order valence-electron chi connectivity index (χ2n) is 3.50. The van der Waals surface area contributed by atoms with Crippen LogP contribution in [0.3, 0.4) is 0 Å². The minimum absolute atomic E-state index is 0.372. The summed E-state index contributed by atoms with van der Waals surface area (Å²) in [6, 6.07) is 0. The Bertz CT molecular complexity index is 118. The maximum atomic E-state index is 3.43. The smallest absolute Gasteiger partial charge is 0.0698 e. The molecular weight excluding hydrogens is 178 g/mol. The third kappa shape index (κ3) is 5.51. The molecule has 0 spiro atoms. The average Bonchev–Trinajstić information content (AvgIpc) is 2.19. The molecule has 84 valence electrons. The third-order valence-electron chi connectivity index (χ3n) is 2.35. The maximum Gasteiger partial charge on any atom is 0.0698 e. The molecular formula is C9H23N5. The molecule has 0 bridgehead atoms. The predicted octanol–water partition coefficient (Wildman–Crippen LogP) is -2.10. The molecule has 1 atom stereocenters. The Labute approximate surface area is 86.4 Å². The van der Waals surface area contributed by atoms with E-state index in [1.807, 2.05) is 7.05 Å². The van der Waals surface area contributed by atoms with Crippen LogP contribution in [0.4, 0.5) is 0 Å². The second-order valence-corrected chi connectivity index (χ2v) is 3.50. The van der Waals surface area contributed by atoms with Crippen molar-refractivity contribution in [1.82, 2.24) is 26.6 Å². The van der Waals surface area contributed by atoms with E-state index in [9.17, 15) is 0 Å². The van der Waals surface area contributed by atoms with Crippen molar-refractivity contribution in [3.05, 3.63) is 0 Å². The maximum absolute atomic E-state index is 3.43. The van der Waals surface area contributed by atoms with Gasteiger partial charge in [-0.1, -0.05) is 0 Å². The van der Waals surface area contributed by atoms with Crippen molar-refractivity contribution in [2.75, 3.05) is 52.9 Å². The zero-order chi connectivity index (χ0) is 10.1. The summed E-state index contributed by atoms with van der Waals surface area (Å²) in [5.74, 6) is 0. The zero-order valence-corrected chi connectivity index (χ0v) is 9.03. The lowest BCUT2D eigenvalue weighted by Crippen LogP contribution is -2.50. The molecule has 1 saturated heterocycles. The van der Waals surface area contributed by atoms with E-state index in [-0.39, 0.29) is 0 Å². The molecule has 5 nitrogen and oxygen atoms in total. The van der Waals surface area contributed by atoms with Gasteiger partial charge in [-0.15, -0.1) is 0 Å². The Balaban J connectivity index is 2.17. The Kier molecular flexibility index (Phi) is 6.90. The van der Waals surface area contributed by atoms with E-state index in [0.29, 0.717) is 6.17 Å². The van der Waals surface area contributed by atoms with Crippen LogP contribution in [0.15, 0.2) is 0 Å². The lowest BCUT2D eigenvalue weighted by atomic mass is 10.4. The Morgan fingerprint density at radius 1 is 0.857 bits per heavy atom. The van der Waals surface area contributed by atoms with Crippen LogP contribution in [0.5, 0.6) is 0 Å². The summed E-state index contributed by atoms with van der Waals surface area (Å²) < 4.78 is 0. The van der Waals surface area contributed by atoms with Crippen LogP contribution in [-0.4, -0.2) is 59.0 Å². The van der Waals surface area contributed by atoms with Crippen molar-refractivity contribution in [3.8, 4) is 0 Å². The van der Waals surface area contributed by atoms with Gasteiger partial charge in [0.1, 0.15) is 0 Å². The Morgan fingerprint density at radius 2 is 1.43 bits per heavy atom. The largest absolute Gasteiger partial charge is 0.314 e. The minimum atomic E-state index is 0.372. The average molecular weight is 201 g/mol. The fourth-order valence-electron chi connectivity index (χ4n) is 1.46. The fraction of sp³-hybridized carbons (Fsp3) is 1.00. The highest BCUT2D eigenvalue weighted by molar-refractivity contribution is 4.67. The zero-order valence-electron chi connectivity index (χ0n) is 9.03. The van der Waals surface area contributed by atoms with E-state index in [1.165, 1.54) is 0 Å². The van der Waals surface area contributed by atoms with E-state index >= 15 is 0 Å². The molecule has 1 aliphatic heterocycles. The van der Waals surface area contributed by atoms with Gasteiger partial charge in [0, 0.05) is 45.8 Å². The van der Waals surface area contributed by atoms with E-state index in [1.54, 1.807) is 0 Å². The number of nitrogens with one attached hydrogen (secondary N) is 5. The van der Waals surface area contributed by atoms with Gasteiger partial charge in [-0.05, 0) is 7.05 Å². The van der Waals surface area contributed by atoms with Crippen LogP contribution in [-0.2, 0) is 0 Å². The summed E-state index contributed by atoms with van der Waals surface area (Å²) in [6.45, 7) is 7.17. The SMILES string of the molecule is CNC1CNCCNCCNCCN1. The van der Waals surface area contributed by atoms with Gasteiger partial charge in [0.2, 0.25) is 0 Å². The third-order valence-corrected chi connectivity index (χ3v) is 2.35. The van der Waals surface area contributed by atoms with Gasteiger partial charge in [-0.25, -0.2) is 0 Å². The molecule has 0 amide bonds. The molecule has 0 radical (unpaired) electrons. The molecule has 0 aromatic heterocycles. The molecule has 0 saturated carbocycles. The van der Waals surface area contributed by atoms with Crippen molar-refractivity contribution in [1.29, 1.82) is 0 Å². The number of hydrogen-bond donors (Lipinski definition) is 5. The van der Waals surface area contributed by atoms with Crippen LogP contribution in [0.25, 0.3) is 0 Å². The van der Waals surface area contributed by atoms with Gasteiger partial charge >= 0.3 is 0 Å². The predicted molar refractivity (Wildman–Crippen MR) is 59.5 cm³/mol. The number of rotatable bonds is 1. The summed E-state index contributed by atoms with van der Waals surface area (Å²) in [7, 11) is 1.98. The van der Waals surface area contributed by atoms with Gasteiger partial charge in [0.05, 0.1) is 6.17 Å². The molecule has 5 N–H and O–H groups in total. The first kappa shape index (κ1) is 11.9. The standard InChI is InChI=1S/C9H23N5/c1-10-9-8-13-5-4-11-2-3-12-6-7-14-9/h9-14H,2-8H2,1H3. The number of hydrogen-bond acceptors (Lipinski definition) is 5. The molecule has 14 heavy (non-hydrogen) atoms. The summed E-state index contributed by atoms with van der Waals surface area (Å²) in [5, 5.41) is 16.8. The van der Waals surface area contributed by atoms with Gasteiger partial charge in [-0.2, -0.15) is 0 Å². The molecule has 0 aromatic carbocycles. The van der Waals surface area contributed by atoms with Crippen LogP contribution >= 0.6 is 0 Å². The number of likely N-dealkylation sites (N-methyl/N-ethyl adjacent to an activating group) is 1. The lowest BCUT2D eigenvalue weighted by molar-refractivity contribution is 0.415. The highest BCUT2D eigenvalue weighted by atomic mass is 15.2. The van der Waals surface area contributed by atoms with Crippen molar-refractivity contribution in [2.45, 2.75) is 6.17 Å². The second kappa shape index (κ2) is 8.14. The van der Waals surface area contributed by atoms with E-state index in [2.05, 4.69) is 26.6 Å². The van der Waals surface area contributed by atoms with Crippen molar-refractivity contribution in [3.63, 3.8) is 0 Å². The molecule has 0 aliphatic carbocycles. The van der Waals surface area contributed by atoms with Crippen LogP contribution in [0.2, 0.25) is 0 Å². The van der Waals surface area contributed by atoms with Gasteiger partial charge in [0.15, 0.2) is 0 Å². The quantitative estimate of drug-likeness (QED) is 0.337. The van der Waals surface area contributed by atoms with Gasteiger partial charge in [-0.3, -0.25) is 5.32 Å². The first-order valence-electron chi connectivity index (χ1n) is 5.46. The first-order valence-corrected chi connectivity index (χ1v) is 5.46. The molecule has 1 aliphatic rings. The van der Waals surface area contributed by atoms with E-state index in [0.717, 1.165) is 45.8 Å². The molecule has 0 aromatic rings. The van der Waals surface area contributed by atoms with Crippen molar-refractivity contribution < 1.29 is 0 Å². The summed E-state index contributed by atoms with van der Waals surface area (Å²) in [4.78, 5) is 0. The van der Waals surface area contributed by atoms with Gasteiger partial charge in [0.25, 0.3) is 0 Å². The van der Waals surface area contributed by atoms with E-state index < -0.39 is 0 Å². The Hall–Kier alpha value is -0.200. The van der Waals surface area contributed by atoms with Gasteiger partial charge < -0.3 is 21.3 Å². The van der Waals surface area contributed by atoms with Crippen molar-refractivity contribution in [2.24, 2.45) is 0 Å². The first-order chi connectivity index (χ1) is 6.93. The summed E-state index contributed by atoms with van der Waals surface area (Å²) in [6.07, 6.45) is 0.372. The lowest BCUT2D eigenvalue weighted by Gasteiger charge is -2.20.